The van der Waals surface area contributed by atoms with E-state index >= 15 is 0 Å². The Balaban J connectivity index is 2.19. The van der Waals surface area contributed by atoms with Gasteiger partial charge in [0.15, 0.2) is 5.82 Å². The third-order valence-corrected chi connectivity index (χ3v) is 3.58. The number of rotatable bonds is 4. The van der Waals surface area contributed by atoms with Crippen LogP contribution in [0.2, 0.25) is 0 Å². The highest BCUT2D eigenvalue weighted by Gasteiger charge is 2.40. The largest absolute Gasteiger partial charge is 0.339 e. The van der Waals surface area contributed by atoms with E-state index in [1.807, 2.05) is 0 Å². The number of hydrogen-bond donors (Lipinski definition) is 1. The number of aromatic nitrogens is 2. The summed E-state index contributed by atoms with van der Waals surface area (Å²) in [6, 6.07) is 0. The molecular formula is C11H19N3O. The first-order chi connectivity index (χ1) is 7.10. The van der Waals surface area contributed by atoms with Crippen molar-refractivity contribution in [2.24, 2.45) is 11.7 Å². The Morgan fingerprint density at radius 1 is 1.47 bits per heavy atom. The molecule has 84 valence electrons. The lowest BCUT2D eigenvalue weighted by Gasteiger charge is -2.21. The number of nitrogens with two attached hydrogens (primary N) is 1. The van der Waals surface area contributed by atoms with E-state index in [0.29, 0.717) is 17.7 Å². The monoisotopic (exact) mass is 209 g/mol. The van der Waals surface area contributed by atoms with Gasteiger partial charge in [0.1, 0.15) is 0 Å². The molecule has 1 aromatic heterocycles. The van der Waals surface area contributed by atoms with Crippen LogP contribution >= 0.6 is 0 Å². The van der Waals surface area contributed by atoms with Crippen molar-refractivity contribution >= 4 is 0 Å². The first kappa shape index (κ1) is 10.6. The number of hydrogen-bond acceptors (Lipinski definition) is 4. The van der Waals surface area contributed by atoms with Gasteiger partial charge < -0.3 is 10.3 Å². The van der Waals surface area contributed by atoms with E-state index in [1.165, 1.54) is 0 Å². The van der Waals surface area contributed by atoms with Crippen molar-refractivity contribution in [1.82, 2.24) is 10.1 Å². The highest BCUT2D eigenvalue weighted by atomic mass is 16.5. The van der Waals surface area contributed by atoms with Gasteiger partial charge in [-0.3, -0.25) is 0 Å². The fourth-order valence-electron chi connectivity index (χ4n) is 1.82. The van der Waals surface area contributed by atoms with Gasteiger partial charge in [-0.05, 0) is 25.2 Å². The lowest BCUT2D eigenvalue weighted by Crippen LogP contribution is -2.36. The third kappa shape index (κ3) is 1.78. The first-order valence-electron chi connectivity index (χ1n) is 5.73. The molecule has 0 saturated heterocycles. The molecule has 2 unspecified atom stereocenters. The van der Waals surface area contributed by atoms with Gasteiger partial charge in [-0.15, -0.1) is 0 Å². The zero-order chi connectivity index (χ0) is 11.1. The predicted octanol–water partition coefficient (Wildman–Crippen LogP) is 2.17. The van der Waals surface area contributed by atoms with E-state index in [1.54, 1.807) is 0 Å². The molecule has 0 radical (unpaired) electrons. The molecule has 2 N–H and O–H groups in total. The molecule has 4 heteroatoms. The lowest BCUT2D eigenvalue weighted by molar-refractivity contribution is 0.334. The Morgan fingerprint density at radius 3 is 2.53 bits per heavy atom. The second-order valence-corrected chi connectivity index (χ2v) is 4.64. The van der Waals surface area contributed by atoms with Gasteiger partial charge >= 0.3 is 0 Å². The van der Waals surface area contributed by atoms with Crippen LogP contribution in [0, 0.1) is 5.92 Å². The molecule has 0 amide bonds. The third-order valence-electron chi connectivity index (χ3n) is 3.58. The fourth-order valence-corrected chi connectivity index (χ4v) is 1.82. The van der Waals surface area contributed by atoms with Crippen LogP contribution in [0.4, 0.5) is 0 Å². The molecule has 1 fully saturated rings. The van der Waals surface area contributed by atoms with Gasteiger partial charge in [0.25, 0.3) is 0 Å². The Hall–Kier alpha value is -0.900. The van der Waals surface area contributed by atoms with E-state index in [-0.39, 0.29) is 0 Å². The lowest BCUT2D eigenvalue weighted by atomic mass is 9.93. The second kappa shape index (κ2) is 3.59. The van der Waals surface area contributed by atoms with Crippen molar-refractivity contribution in [3.8, 4) is 0 Å². The van der Waals surface area contributed by atoms with Gasteiger partial charge in [0.05, 0.1) is 5.54 Å². The quantitative estimate of drug-likeness (QED) is 0.825. The van der Waals surface area contributed by atoms with Crippen LogP contribution in [0.5, 0.6) is 0 Å². The Bertz CT molecular complexity index is 343. The molecule has 1 saturated carbocycles. The van der Waals surface area contributed by atoms with Crippen molar-refractivity contribution in [1.29, 1.82) is 0 Å². The first-order valence-corrected chi connectivity index (χ1v) is 5.73. The molecule has 1 aliphatic carbocycles. The minimum atomic E-state index is -0.417. The van der Waals surface area contributed by atoms with Crippen molar-refractivity contribution in [3.05, 3.63) is 11.7 Å². The normalized spacial score (nSPS) is 25.6. The molecule has 2 atom stereocenters. The van der Waals surface area contributed by atoms with Crippen LogP contribution in [0.1, 0.15) is 57.7 Å². The zero-order valence-electron chi connectivity index (χ0n) is 9.66. The molecule has 15 heavy (non-hydrogen) atoms. The van der Waals surface area contributed by atoms with E-state index < -0.39 is 5.54 Å². The summed E-state index contributed by atoms with van der Waals surface area (Å²) in [5.74, 6) is 2.61. The number of nitrogens with zero attached hydrogens (tertiary/aromatic N) is 2. The average molecular weight is 209 g/mol. The minimum Gasteiger partial charge on any atom is -0.339 e. The van der Waals surface area contributed by atoms with E-state index in [4.69, 9.17) is 10.3 Å². The van der Waals surface area contributed by atoms with Gasteiger partial charge in [-0.25, -0.2) is 0 Å². The van der Waals surface area contributed by atoms with Gasteiger partial charge in [0.2, 0.25) is 5.89 Å². The summed E-state index contributed by atoms with van der Waals surface area (Å²) in [6.07, 6.45) is 2.84. The molecule has 2 rings (SSSR count). The maximum absolute atomic E-state index is 6.20. The smallest absolute Gasteiger partial charge is 0.230 e. The molecule has 4 nitrogen and oxygen atoms in total. The topological polar surface area (TPSA) is 64.9 Å². The van der Waals surface area contributed by atoms with Crippen molar-refractivity contribution in [2.45, 2.75) is 51.5 Å². The van der Waals surface area contributed by atoms with Crippen LogP contribution in [-0.2, 0) is 5.54 Å². The van der Waals surface area contributed by atoms with E-state index in [2.05, 4.69) is 30.9 Å². The average Bonchev–Trinajstić information content (AvgIpc) is 2.81. The van der Waals surface area contributed by atoms with Crippen LogP contribution in [-0.4, -0.2) is 10.1 Å². The maximum atomic E-state index is 6.20. The summed E-state index contributed by atoms with van der Waals surface area (Å²) in [5.41, 5.74) is 5.78. The maximum Gasteiger partial charge on any atom is 0.230 e. The van der Waals surface area contributed by atoms with Crippen LogP contribution in [0.15, 0.2) is 4.52 Å². The Kier molecular flexibility index (Phi) is 2.54. The SMILES string of the molecule is CCC(N)(CC)c1noc(C2CC2C)n1. The van der Waals surface area contributed by atoms with Crippen LogP contribution < -0.4 is 5.73 Å². The molecule has 0 bridgehead atoms. The zero-order valence-corrected chi connectivity index (χ0v) is 9.66. The second-order valence-electron chi connectivity index (χ2n) is 4.64. The van der Waals surface area contributed by atoms with Crippen molar-refractivity contribution < 1.29 is 4.52 Å². The highest BCUT2D eigenvalue weighted by molar-refractivity contribution is 5.10. The van der Waals surface area contributed by atoms with Crippen molar-refractivity contribution in [2.75, 3.05) is 0 Å². The molecule has 1 aromatic rings. The van der Waals surface area contributed by atoms with Crippen LogP contribution in [0.3, 0.4) is 0 Å². The Labute approximate surface area is 90.2 Å². The highest BCUT2D eigenvalue weighted by Crippen LogP contribution is 2.46. The standard InChI is InChI=1S/C11H19N3O/c1-4-11(12,5-2)10-13-9(15-14-10)8-6-7(8)3/h7-8H,4-6,12H2,1-3H3. The Morgan fingerprint density at radius 2 is 2.07 bits per heavy atom. The molecule has 0 aliphatic heterocycles. The molecule has 0 aromatic carbocycles. The molecule has 0 spiro atoms. The van der Waals surface area contributed by atoms with E-state index in [0.717, 1.165) is 25.2 Å². The summed E-state index contributed by atoms with van der Waals surface area (Å²) in [4.78, 5) is 4.43. The van der Waals surface area contributed by atoms with Crippen LogP contribution in [0.25, 0.3) is 0 Å². The van der Waals surface area contributed by atoms with Gasteiger partial charge in [-0.1, -0.05) is 25.9 Å². The summed E-state index contributed by atoms with van der Waals surface area (Å²) >= 11 is 0. The summed E-state index contributed by atoms with van der Waals surface area (Å²) in [5, 5.41) is 4.01. The summed E-state index contributed by atoms with van der Waals surface area (Å²) < 4.78 is 5.27. The predicted molar refractivity (Wildman–Crippen MR) is 57.3 cm³/mol. The molecule has 1 heterocycles. The van der Waals surface area contributed by atoms with Gasteiger partial charge in [-0.2, -0.15) is 4.98 Å². The van der Waals surface area contributed by atoms with Gasteiger partial charge in [0, 0.05) is 5.92 Å². The fraction of sp³-hybridized carbons (Fsp3) is 0.818. The molecule has 1 aliphatic rings. The summed E-state index contributed by atoms with van der Waals surface area (Å²) in [7, 11) is 0. The minimum absolute atomic E-state index is 0.417. The summed E-state index contributed by atoms with van der Waals surface area (Å²) in [6.45, 7) is 6.31. The van der Waals surface area contributed by atoms with Crippen molar-refractivity contribution in [3.63, 3.8) is 0 Å². The van der Waals surface area contributed by atoms with E-state index in [9.17, 15) is 0 Å². The molecular weight excluding hydrogens is 190 g/mol.